The summed E-state index contributed by atoms with van der Waals surface area (Å²) in [6, 6.07) is 0. The monoisotopic (exact) mass is 502 g/mol. The molecule has 0 unspecified atom stereocenters. The molecule has 0 aromatic rings. The quantitative estimate of drug-likeness (QED) is 0.319. The number of rotatable bonds is 7. The molecular weight excluding hydrogens is 467 g/mol. The van der Waals surface area contributed by atoms with E-state index < -0.39 is 9.84 Å². The molecule has 0 bridgehead atoms. The topological polar surface area (TPSA) is 74.2 Å². The number of hydrogen-bond donors (Lipinski definition) is 1. The number of nitrogens with one attached hydrogen (secondary N) is 1. The van der Waals surface area contributed by atoms with Gasteiger partial charge in [-0.3, -0.25) is 9.89 Å². The summed E-state index contributed by atoms with van der Waals surface area (Å²) in [6.07, 6.45) is 3.51. The van der Waals surface area contributed by atoms with Crippen molar-refractivity contribution in [1.82, 2.24) is 15.1 Å². The molecule has 0 atom stereocenters. The first kappa shape index (κ1) is 23.9. The molecule has 2 heterocycles. The Kier molecular flexibility index (Phi) is 11.4. The SMILES string of the molecule is CCNC(=NCCN1CCS(=O)(=O)CC1)N(C)CCC1CCOCC1.I. The molecule has 2 fully saturated rings. The Morgan fingerprint density at radius 3 is 2.54 bits per heavy atom. The molecule has 0 aliphatic carbocycles. The molecule has 1 N–H and O–H groups in total. The van der Waals surface area contributed by atoms with Crippen molar-refractivity contribution in [1.29, 1.82) is 0 Å². The largest absolute Gasteiger partial charge is 0.381 e. The molecule has 2 aliphatic heterocycles. The highest BCUT2D eigenvalue weighted by atomic mass is 127. The van der Waals surface area contributed by atoms with E-state index in [1.807, 2.05) is 0 Å². The van der Waals surface area contributed by atoms with Crippen LogP contribution in [-0.2, 0) is 14.6 Å². The summed E-state index contributed by atoms with van der Waals surface area (Å²) < 4.78 is 28.4. The minimum Gasteiger partial charge on any atom is -0.381 e. The Labute approximate surface area is 175 Å². The van der Waals surface area contributed by atoms with Gasteiger partial charge >= 0.3 is 0 Å². The average Bonchev–Trinajstić information content (AvgIpc) is 2.61. The van der Waals surface area contributed by atoms with Gasteiger partial charge in [-0.2, -0.15) is 0 Å². The Morgan fingerprint density at radius 2 is 1.92 bits per heavy atom. The Bertz CT molecular complexity index is 510. The van der Waals surface area contributed by atoms with E-state index in [9.17, 15) is 8.42 Å². The summed E-state index contributed by atoms with van der Waals surface area (Å²) in [7, 11) is -0.713. The van der Waals surface area contributed by atoms with E-state index in [4.69, 9.17) is 9.73 Å². The molecule has 0 aromatic heterocycles. The van der Waals surface area contributed by atoms with Crippen molar-refractivity contribution in [2.24, 2.45) is 10.9 Å². The molecular formula is C17H35IN4O3S. The fourth-order valence-corrected chi connectivity index (χ4v) is 4.53. The van der Waals surface area contributed by atoms with Gasteiger partial charge in [0.25, 0.3) is 0 Å². The third-order valence-electron chi connectivity index (χ3n) is 5.02. The molecule has 9 heteroatoms. The van der Waals surface area contributed by atoms with Crippen LogP contribution in [0.4, 0.5) is 0 Å². The first-order valence-electron chi connectivity index (χ1n) is 9.50. The second-order valence-electron chi connectivity index (χ2n) is 7.00. The van der Waals surface area contributed by atoms with Gasteiger partial charge in [-0.25, -0.2) is 8.42 Å². The molecule has 0 amide bonds. The van der Waals surface area contributed by atoms with Crippen LogP contribution in [0.1, 0.15) is 26.2 Å². The zero-order valence-electron chi connectivity index (χ0n) is 16.2. The van der Waals surface area contributed by atoms with Crippen molar-refractivity contribution in [3.8, 4) is 0 Å². The van der Waals surface area contributed by atoms with E-state index >= 15 is 0 Å². The van der Waals surface area contributed by atoms with Crippen molar-refractivity contribution in [3.05, 3.63) is 0 Å². The van der Waals surface area contributed by atoms with Gasteiger partial charge in [0.2, 0.25) is 0 Å². The number of hydrogen-bond acceptors (Lipinski definition) is 5. The minimum atomic E-state index is -2.80. The number of ether oxygens (including phenoxy) is 1. The van der Waals surface area contributed by atoms with Gasteiger partial charge < -0.3 is 15.0 Å². The molecule has 154 valence electrons. The summed E-state index contributed by atoms with van der Waals surface area (Å²) in [6.45, 7) is 8.50. The molecule has 0 aromatic carbocycles. The van der Waals surface area contributed by atoms with Crippen molar-refractivity contribution < 1.29 is 13.2 Å². The van der Waals surface area contributed by atoms with E-state index in [1.165, 1.54) is 19.3 Å². The van der Waals surface area contributed by atoms with Crippen LogP contribution < -0.4 is 5.32 Å². The van der Waals surface area contributed by atoms with Crippen LogP contribution in [-0.4, -0.2) is 95.2 Å². The molecule has 2 rings (SSSR count). The van der Waals surface area contributed by atoms with Crippen molar-refractivity contribution in [2.75, 3.05) is 71.0 Å². The predicted octanol–water partition coefficient (Wildman–Crippen LogP) is 1.05. The minimum absolute atomic E-state index is 0. The van der Waals surface area contributed by atoms with Crippen LogP contribution in [0.2, 0.25) is 0 Å². The second kappa shape index (κ2) is 12.4. The van der Waals surface area contributed by atoms with E-state index in [0.717, 1.165) is 44.7 Å². The molecule has 0 saturated carbocycles. The lowest BCUT2D eigenvalue weighted by molar-refractivity contribution is 0.0625. The lowest BCUT2D eigenvalue weighted by atomic mass is 9.96. The highest BCUT2D eigenvalue weighted by Gasteiger charge is 2.21. The van der Waals surface area contributed by atoms with Gasteiger partial charge in [-0.1, -0.05) is 0 Å². The third kappa shape index (κ3) is 8.71. The molecule has 2 aliphatic rings. The molecule has 7 nitrogen and oxygen atoms in total. The Hall–Kier alpha value is -0.130. The van der Waals surface area contributed by atoms with Gasteiger partial charge in [-0.15, -0.1) is 24.0 Å². The van der Waals surface area contributed by atoms with Crippen LogP contribution in [0.5, 0.6) is 0 Å². The van der Waals surface area contributed by atoms with E-state index in [2.05, 4.69) is 29.1 Å². The summed E-state index contributed by atoms with van der Waals surface area (Å²) in [5.41, 5.74) is 0. The maximum Gasteiger partial charge on any atom is 0.193 e. The van der Waals surface area contributed by atoms with Gasteiger partial charge in [0.1, 0.15) is 0 Å². The van der Waals surface area contributed by atoms with E-state index in [-0.39, 0.29) is 35.5 Å². The highest BCUT2D eigenvalue weighted by molar-refractivity contribution is 14.0. The van der Waals surface area contributed by atoms with E-state index in [0.29, 0.717) is 19.6 Å². The van der Waals surface area contributed by atoms with Crippen LogP contribution >= 0.6 is 24.0 Å². The van der Waals surface area contributed by atoms with Gasteiger partial charge in [0.05, 0.1) is 18.1 Å². The summed E-state index contributed by atoms with van der Waals surface area (Å²) in [5, 5.41) is 3.36. The average molecular weight is 502 g/mol. The third-order valence-corrected chi connectivity index (χ3v) is 6.63. The van der Waals surface area contributed by atoms with Crippen molar-refractivity contribution in [3.63, 3.8) is 0 Å². The van der Waals surface area contributed by atoms with E-state index in [1.54, 1.807) is 0 Å². The van der Waals surface area contributed by atoms with Gasteiger partial charge in [0.15, 0.2) is 15.8 Å². The maximum atomic E-state index is 11.5. The molecule has 0 radical (unpaired) electrons. The Morgan fingerprint density at radius 1 is 1.27 bits per heavy atom. The van der Waals surface area contributed by atoms with Crippen molar-refractivity contribution in [2.45, 2.75) is 26.2 Å². The lowest BCUT2D eigenvalue weighted by Crippen LogP contribution is -2.43. The molecule has 26 heavy (non-hydrogen) atoms. The van der Waals surface area contributed by atoms with Crippen LogP contribution in [0.3, 0.4) is 0 Å². The zero-order chi connectivity index (χ0) is 18.1. The van der Waals surface area contributed by atoms with Crippen LogP contribution in [0.15, 0.2) is 4.99 Å². The van der Waals surface area contributed by atoms with Crippen LogP contribution in [0, 0.1) is 5.92 Å². The number of aliphatic imine (C=N–C) groups is 1. The smallest absolute Gasteiger partial charge is 0.193 e. The highest BCUT2D eigenvalue weighted by Crippen LogP contribution is 2.18. The summed E-state index contributed by atoms with van der Waals surface area (Å²) in [5.74, 6) is 2.26. The molecule has 0 spiro atoms. The van der Waals surface area contributed by atoms with Gasteiger partial charge in [0, 0.05) is 53.0 Å². The number of halogens is 1. The fraction of sp³-hybridized carbons (Fsp3) is 0.941. The fourth-order valence-electron chi connectivity index (χ4n) is 3.26. The Balaban J connectivity index is 0.00000338. The van der Waals surface area contributed by atoms with Gasteiger partial charge in [-0.05, 0) is 32.1 Å². The first-order chi connectivity index (χ1) is 12.0. The number of guanidine groups is 1. The predicted molar refractivity (Wildman–Crippen MR) is 117 cm³/mol. The zero-order valence-corrected chi connectivity index (χ0v) is 19.3. The normalized spacial score (nSPS) is 21.8. The standard InChI is InChI=1S/C17H34N4O3S.HI/c1-3-18-17(20(2)8-4-16-5-12-24-13-6-16)19-7-9-21-10-14-25(22,23)15-11-21;/h16H,3-15H2,1-2H3,(H,18,19);1H. The summed E-state index contributed by atoms with van der Waals surface area (Å²) >= 11 is 0. The number of nitrogens with zero attached hydrogens (tertiary/aromatic N) is 3. The first-order valence-corrected chi connectivity index (χ1v) is 11.3. The van der Waals surface area contributed by atoms with Crippen molar-refractivity contribution >= 4 is 39.8 Å². The number of sulfone groups is 1. The molecule has 2 saturated heterocycles. The summed E-state index contributed by atoms with van der Waals surface area (Å²) in [4.78, 5) is 9.12. The maximum absolute atomic E-state index is 11.5. The second-order valence-corrected chi connectivity index (χ2v) is 9.30. The lowest BCUT2D eigenvalue weighted by Gasteiger charge is -2.28. The van der Waals surface area contributed by atoms with Crippen LogP contribution in [0.25, 0.3) is 0 Å².